The van der Waals surface area contributed by atoms with Crippen LogP contribution >= 0.6 is 0 Å². The quantitative estimate of drug-likeness (QED) is 0.545. The number of hydrogen-bond acceptors (Lipinski definition) is 5. The van der Waals surface area contributed by atoms with Crippen molar-refractivity contribution in [1.82, 2.24) is 0 Å². The first-order valence-electron chi connectivity index (χ1n) is 9.68. The molecule has 156 valence electrons. The van der Waals surface area contributed by atoms with E-state index in [4.69, 9.17) is 14.2 Å². The highest BCUT2D eigenvalue weighted by Crippen LogP contribution is 2.41. The van der Waals surface area contributed by atoms with Gasteiger partial charge in [0.15, 0.2) is 5.78 Å². The number of rotatable bonds is 9. The lowest BCUT2D eigenvalue weighted by molar-refractivity contribution is -0.130. The highest BCUT2D eigenvalue weighted by atomic mass is 16.5. The van der Waals surface area contributed by atoms with E-state index in [-0.39, 0.29) is 12.4 Å². The molecule has 1 atom stereocenters. The Labute approximate surface area is 176 Å². The summed E-state index contributed by atoms with van der Waals surface area (Å²) < 4.78 is 17.0. The largest absolute Gasteiger partial charge is 0.497 e. The van der Waals surface area contributed by atoms with Gasteiger partial charge in [-0.15, -0.1) is 0 Å². The summed E-state index contributed by atoms with van der Waals surface area (Å²) in [5, 5.41) is 10.2. The fraction of sp³-hybridized carbons (Fsp3) is 0.240. The number of methoxy groups -OCH3 is 2. The van der Waals surface area contributed by atoms with Crippen molar-refractivity contribution in [3.63, 3.8) is 0 Å². The van der Waals surface area contributed by atoms with Crippen LogP contribution in [-0.4, -0.2) is 37.8 Å². The Morgan fingerprint density at radius 2 is 1.23 bits per heavy atom. The third-order valence-corrected chi connectivity index (χ3v) is 5.10. The fourth-order valence-electron chi connectivity index (χ4n) is 3.40. The number of carbonyl (C=O) groups excluding carboxylic acids is 1. The van der Waals surface area contributed by atoms with Gasteiger partial charge in [-0.1, -0.05) is 54.6 Å². The maximum absolute atomic E-state index is 11.7. The Morgan fingerprint density at radius 3 is 1.63 bits per heavy atom. The molecule has 0 fully saturated rings. The number of aliphatic hydroxyl groups excluding tert-OH is 1. The van der Waals surface area contributed by atoms with Crippen molar-refractivity contribution in [2.24, 2.45) is 0 Å². The Balaban J connectivity index is 2.21. The topological polar surface area (TPSA) is 65.0 Å². The van der Waals surface area contributed by atoms with Crippen molar-refractivity contribution in [2.75, 3.05) is 20.8 Å². The number of ether oxygens (including phenoxy) is 3. The van der Waals surface area contributed by atoms with Gasteiger partial charge in [-0.3, -0.25) is 4.79 Å². The Morgan fingerprint density at radius 1 is 0.800 bits per heavy atom. The molecule has 3 aromatic carbocycles. The van der Waals surface area contributed by atoms with Crippen LogP contribution in [0.5, 0.6) is 11.5 Å². The van der Waals surface area contributed by atoms with E-state index in [1.54, 1.807) is 14.2 Å². The molecular weight excluding hydrogens is 380 g/mol. The molecule has 0 aliphatic carbocycles. The molecule has 0 radical (unpaired) electrons. The second-order valence-electron chi connectivity index (χ2n) is 6.94. The fourth-order valence-corrected chi connectivity index (χ4v) is 3.40. The highest BCUT2D eigenvalue weighted by molar-refractivity contribution is 5.80. The predicted molar refractivity (Wildman–Crippen MR) is 115 cm³/mol. The van der Waals surface area contributed by atoms with Gasteiger partial charge in [0.2, 0.25) is 0 Å². The van der Waals surface area contributed by atoms with Gasteiger partial charge in [0.05, 0.1) is 20.8 Å². The van der Waals surface area contributed by atoms with E-state index in [1.807, 2.05) is 78.9 Å². The first kappa shape index (κ1) is 21.6. The van der Waals surface area contributed by atoms with E-state index in [0.29, 0.717) is 0 Å². The molecule has 0 aliphatic heterocycles. The third-order valence-electron chi connectivity index (χ3n) is 5.10. The van der Waals surface area contributed by atoms with E-state index in [9.17, 15) is 9.90 Å². The molecule has 0 spiro atoms. The van der Waals surface area contributed by atoms with Crippen molar-refractivity contribution in [3.8, 4) is 11.5 Å². The predicted octanol–water partition coefficient (Wildman–Crippen LogP) is 3.96. The van der Waals surface area contributed by atoms with Crippen molar-refractivity contribution in [3.05, 3.63) is 95.6 Å². The van der Waals surface area contributed by atoms with Gasteiger partial charge in [-0.05, 0) is 47.9 Å². The van der Waals surface area contributed by atoms with E-state index < -0.39 is 11.7 Å². The summed E-state index contributed by atoms with van der Waals surface area (Å²) in [4.78, 5) is 11.7. The normalized spacial score (nSPS) is 12.3. The first-order chi connectivity index (χ1) is 14.5. The molecule has 0 aliphatic rings. The van der Waals surface area contributed by atoms with Crippen molar-refractivity contribution < 1.29 is 24.1 Å². The zero-order chi connectivity index (χ0) is 21.6. The molecule has 5 heteroatoms. The van der Waals surface area contributed by atoms with Crippen LogP contribution in [0.15, 0.2) is 78.9 Å². The number of ketones is 1. The number of carbonyl (C=O) groups is 1. The molecule has 0 saturated carbocycles. The minimum absolute atomic E-state index is 0.151. The zero-order valence-electron chi connectivity index (χ0n) is 17.4. The van der Waals surface area contributed by atoms with E-state index in [1.165, 1.54) is 6.92 Å². The summed E-state index contributed by atoms with van der Waals surface area (Å²) >= 11 is 0. The van der Waals surface area contributed by atoms with Crippen LogP contribution in [-0.2, 0) is 15.1 Å². The van der Waals surface area contributed by atoms with Crippen molar-refractivity contribution >= 4 is 5.78 Å². The van der Waals surface area contributed by atoms with Gasteiger partial charge in [0.1, 0.15) is 23.2 Å². The number of aliphatic hydroxyl groups is 1. The molecule has 1 N–H and O–H groups in total. The van der Waals surface area contributed by atoms with E-state index in [0.717, 1.165) is 28.2 Å². The van der Waals surface area contributed by atoms with Gasteiger partial charge in [-0.25, -0.2) is 0 Å². The summed E-state index contributed by atoms with van der Waals surface area (Å²) in [5.41, 5.74) is 1.51. The second-order valence-corrected chi connectivity index (χ2v) is 6.94. The number of Topliss-reactive ketones (excluding diaryl/α,β-unsaturated/α-hetero) is 1. The Kier molecular flexibility index (Phi) is 6.87. The molecule has 3 rings (SSSR count). The average Bonchev–Trinajstić information content (AvgIpc) is 2.80. The summed E-state index contributed by atoms with van der Waals surface area (Å²) in [6, 6.07) is 24.9. The van der Waals surface area contributed by atoms with E-state index >= 15 is 0 Å². The molecule has 0 bridgehead atoms. The van der Waals surface area contributed by atoms with Crippen LogP contribution in [0.4, 0.5) is 0 Å². The van der Waals surface area contributed by atoms with Gasteiger partial charge in [-0.2, -0.15) is 0 Å². The minimum atomic E-state index is -1.22. The van der Waals surface area contributed by atoms with Gasteiger partial charge in [0, 0.05) is 0 Å². The molecular formula is C25H26O5. The molecule has 0 heterocycles. The molecule has 30 heavy (non-hydrogen) atoms. The molecule has 5 nitrogen and oxygen atoms in total. The first-order valence-corrected chi connectivity index (χ1v) is 9.68. The lowest BCUT2D eigenvalue weighted by atomic mass is 9.80. The van der Waals surface area contributed by atoms with Gasteiger partial charge in [0.25, 0.3) is 0 Å². The van der Waals surface area contributed by atoms with Crippen LogP contribution in [0.2, 0.25) is 0 Å². The summed E-state index contributed by atoms with van der Waals surface area (Å²) in [6.07, 6.45) is -1.22. The highest BCUT2D eigenvalue weighted by Gasteiger charge is 2.38. The van der Waals surface area contributed by atoms with Gasteiger partial charge < -0.3 is 19.3 Å². The number of benzene rings is 3. The van der Waals surface area contributed by atoms with Crippen LogP contribution in [0.3, 0.4) is 0 Å². The molecule has 1 unspecified atom stereocenters. The minimum Gasteiger partial charge on any atom is -0.497 e. The molecule has 3 aromatic rings. The average molecular weight is 406 g/mol. The van der Waals surface area contributed by atoms with Crippen LogP contribution in [0.25, 0.3) is 0 Å². The maximum Gasteiger partial charge on any atom is 0.160 e. The van der Waals surface area contributed by atoms with Crippen LogP contribution in [0, 0.1) is 0 Å². The second kappa shape index (κ2) is 9.57. The third kappa shape index (κ3) is 4.37. The van der Waals surface area contributed by atoms with Crippen LogP contribution < -0.4 is 9.47 Å². The summed E-state index contributed by atoms with van der Waals surface area (Å²) in [6.45, 7) is 1.20. The lowest BCUT2D eigenvalue weighted by Crippen LogP contribution is -2.37. The molecule has 0 aromatic heterocycles. The summed E-state index contributed by atoms with van der Waals surface area (Å²) in [7, 11) is 3.23. The van der Waals surface area contributed by atoms with Crippen LogP contribution in [0.1, 0.15) is 23.6 Å². The van der Waals surface area contributed by atoms with E-state index in [2.05, 4.69) is 0 Å². The summed E-state index contributed by atoms with van der Waals surface area (Å²) in [5.74, 6) is 1.10. The SMILES string of the molecule is COc1ccc(C(OCC(O)C(C)=O)(c2ccccc2)c2ccc(OC)cc2)cc1. The van der Waals surface area contributed by atoms with Crippen molar-refractivity contribution in [2.45, 2.75) is 18.6 Å². The Bertz CT molecular complexity index is 902. The zero-order valence-corrected chi connectivity index (χ0v) is 17.4. The molecule has 0 saturated heterocycles. The maximum atomic E-state index is 11.7. The lowest BCUT2D eigenvalue weighted by Gasteiger charge is -2.36. The van der Waals surface area contributed by atoms with Gasteiger partial charge >= 0.3 is 0 Å². The number of hydrogen-bond donors (Lipinski definition) is 1. The smallest absolute Gasteiger partial charge is 0.160 e. The standard InChI is InChI=1S/C25H26O5/c1-18(26)24(27)17-30-25(19-7-5-4-6-8-19,20-9-13-22(28-2)14-10-20)21-11-15-23(29-3)16-12-21/h4-16,24,27H,17H2,1-3H3. The Hall–Kier alpha value is -3.15. The molecule has 0 amide bonds. The monoisotopic (exact) mass is 406 g/mol. The van der Waals surface area contributed by atoms with Crippen molar-refractivity contribution in [1.29, 1.82) is 0 Å².